The molecule has 0 aliphatic heterocycles. The molecular weight excluding hydrogens is 373 g/mol. The molecule has 1 aromatic heterocycles. The molecule has 2 unspecified atom stereocenters. The Bertz CT molecular complexity index is 821. The Hall–Kier alpha value is -2.84. The molecule has 28 heavy (non-hydrogen) atoms. The van der Waals surface area contributed by atoms with Crippen LogP contribution in [0.15, 0.2) is 42.7 Å². The standard InChI is InChI=1S/C19H21F3N4O2/c20-19(21,22)14-5-2-7-16(11-14)25-18(28)17(27)24-15-6-1-4-13(10-15)12-26-9-3-8-23-26/h1,3-4,6,8-10,14,16H,2,5,7,11-12H2,(H,24,27)(H,25,28). The van der Waals surface area contributed by atoms with Gasteiger partial charge in [0.25, 0.3) is 0 Å². The number of amides is 2. The second-order valence-corrected chi connectivity index (χ2v) is 6.93. The number of aromatic nitrogens is 2. The highest BCUT2D eigenvalue weighted by molar-refractivity contribution is 6.39. The highest BCUT2D eigenvalue weighted by atomic mass is 19.4. The van der Waals surface area contributed by atoms with Gasteiger partial charge in [0.05, 0.1) is 12.5 Å². The van der Waals surface area contributed by atoms with Crippen molar-refractivity contribution in [3.63, 3.8) is 0 Å². The zero-order valence-electron chi connectivity index (χ0n) is 15.1. The number of hydrogen-bond donors (Lipinski definition) is 2. The molecule has 1 aromatic carbocycles. The predicted molar refractivity (Wildman–Crippen MR) is 96.3 cm³/mol. The van der Waals surface area contributed by atoms with Gasteiger partial charge >= 0.3 is 18.0 Å². The van der Waals surface area contributed by atoms with Crippen LogP contribution in [-0.2, 0) is 16.1 Å². The van der Waals surface area contributed by atoms with Crippen molar-refractivity contribution in [1.29, 1.82) is 0 Å². The van der Waals surface area contributed by atoms with Crippen molar-refractivity contribution in [2.24, 2.45) is 5.92 Å². The summed E-state index contributed by atoms with van der Waals surface area (Å²) < 4.78 is 40.3. The lowest BCUT2D eigenvalue weighted by molar-refractivity contribution is -0.184. The number of nitrogens with one attached hydrogen (secondary N) is 2. The van der Waals surface area contributed by atoms with Crippen molar-refractivity contribution >= 4 is 17.5 Å². The molecule has 1 fully saturated rings. The molecule has 2 aromatic rings. The predicted octanol–water partition coefficient (Wildman–Crippen LogP) is 3.11. The van der Waals surface area contributed by atoms with Crippen LogP contribution in [0.2, 0.25) is 0 Å². The van der Waals surface area contributed by atoms with Crippen LogP contribution in [0.3, 0.4) is 0 Å². The van der Waals surface area contributed by atoms with Gasteiger partial charge in [-0.15, -0.1) is 0 Å². The van der Waals surface area contributed by atoms with Crippen LogP contribution >= 0.6 is 0 Å². The molecular formula is C19H21F3N4O2. The number of nitrogens with zero attached hydrogens (tertiary/aromatic N) is 2. The second kappa shape index (κ2) is 8.45. The topological polar surface area (TPSA) is 76.0 Å². The summed E-state index contributed by atoms with van der Waals surface area (Å²) in [5.74, 6) is -3.26. The first kappa shape index (κ1) is 19.9. The minimum absolute atomic E-state index is 0.0606. The van der Waals surface area contributed by atoms with E-state index in [0.717, 1.165) is 5.56 Å². The van der Waals surface area contributed by atoms with E-state index in [9.17, 15) is 22.8 Å². The third-order valence-electron chi connectivity index (χ3n) is 4.77. The summed E-state index contributed by atoms with van der Waals surface area (Å²) in [5.41, 5.74) is 1.31. The van der Waals surface area contributed by atoms with Crippen molar-refractivity contribution in [3.8, 4) is 0 Å². The number of anilines is 1. The first-order chi connectivity index (χ1) is 13.3. The van der Waals surface area contributed by atoms with Gasteiger partial charge in [0.15, 0.2) is 0 Å². The van der Waals surface area contributed by atoms with E-state index in [0.29, 0.717) is 25.1 Å². The van der Waals surface area contributed by atoms with Crippen molar-refractivity contribution in [3.05, 3.63) is 48.3 Å². The van der Waals surface area contributed by atoms with Crippen LogP contribution < -0.4 is 10.6 Å². The molecule has 0 bridgehead atoms. The molecule has 0 radical (unpaired) electrons. The van der Waals surface area contributed by atoms with Crippen LogP contribution in [0.25, 0.3) is 0 Å². The fraction of sp³-hybridized carbons (Fsp3) is 0.421. The Morgan fingerprint density at radius 3 is 2.71 bits per heavy atom. The molecule has 2 N–H and O–H groups in total. The number of halogens is 3. The van der Waals surface area contributed by atoms with Crippen molar-refractivity contribution in [2.75, 3.05) is 5.32 Å². The van der Waals surface area contributed by atoms with Gasteiger partial charge < -0.3 is 10.6 Å². The Balaban J connectivity index is 1.55. The molecule has 0 saturated heterocycles. The Morgan fingerprint density at radius 1 is 1.18 bits per heavy atom. The Kier molecular flexibility index (Phi) is 6.01. The van der Waals surface area contributed by atoms with Crippen LogP contribution in [0.5, 0.6) is 0 Å². The summed E-state index contributed by atoms with van der Waals surface area (Å²) >= 11 is 0. The van der Waals surface area contributed by atoms with E-state index in [4.69, 9.17) is 0 Å². The first-order valence-corrected chi connectivity index (χ1v) is 9.06. The summed E-state index contributed by atoms with van der Waals surface area (Å²) in [5, 5.41) is 9.02. The van der Waals surface area contributed by atoms with E-state index in [1.54, 1.807) is 41.3 Å². The summed E-state index contributed by atoms with van der Waals surface area (Å²) in [6.45, 7) is 0.504. The molecule has 1 aliphatic carbocycles. The SMILES string of the molecule is O=C(Nc1cccc(Cn2cccn2)c1)C(=O)NC1CCCC(C(F)(F)F)C1. The minimum Gasteiger partial charge on any atom is -0.345 e. The number of alkyl halides is 3. The highest BCUT2D eigenvalue weighted by Gasteiger charge is 2.42. The van der Waals surface area contributed by atoms with Gasteiger partial charge in [-0.25, -0.2) is 0 Å². The van der Waals surface area contributed by atoms with Crippen molar-refractivity contribution in [2.45, 2.75) is 44.4 Å². The lowest BCUT2D eigenvalue weighted by atomic mass is 9.85. The molecule has 1 saturated carbocycles. The zero-order chi connectivity index (χ0) is 20.1. The van der Waals surface area contributed by atoms with Gasteiger partial charge in [-0.1, -0.05) is 18.6 Å². The maximum atomic E-state index is 12.9. The number of carbonyl (C=O) groups is 2. The first-order valence-electron chi connectivity index (χ1n) is 9.06. The van der Waals surface area contributed by atoms with E-state index >= 15 is 0 Å². The number of hydrogen-bond acceptors (Lipinski definition) is 3. The normalized spacial score (nSPS) is 19.8. The third kappa shape index (κ3) is 5.34. The summed E-state index contributed by atoms with van der Waals surface area (Å²) in [7, 11) is 0. The Labute approximate surface area is 160 Å². The van der Waals surface area contributed by atoms with Crippen LogP contribution in [0.4, 0.5) is 18.9 Å². The van der Waals surface area contributed by atoms with Gasteiger partial charge in [0.1, 0.15) is 0 Å². The summed E-state index contributed by atoms with van der Waals surface area (Å²) in [6.07, 6.45) is -0.146. The smallest absolute Gasteiger partial charge is 0.345 e. The molecule has 9 heteroatoms. The summed E-state index contributed by atoms with van der Waals surface area (Å²) in [6, 6.07) is 8.10. The average Bonchev–Trinajstić information content (AvgIpc) is 3.14. The van der Waals surface area contributed by atoms with Gasteiger partial charge in [0, 0.05) is 24.1 Å². The molecule has 1 aliphatic rings. The van der Waals surface area contributed by atoms with Gasteiger partial charge in [-0.2, -0.15) is 18.3 Å². The molecule has 3 rings (SSSR count). The fourth-order valence-electron chi connectivity index (χ4n) is 3.39. The molecule has 0 spiro atoms. The number of benzene rings is 1. The Morgan fingerprint density at radius 2 is 2.00 bits per heavy atom. The largest absolute Gasteiger partial charge is 0.391 e. The molecule has 2 atom stereocenters. The lowest BCUT2D eigenvalue weighted by Gasteiger charge is -2.30. The molecule has 2 amide bonds. The van der Waals surface area contributed by atoms with E-state index in [1.165, 1.54) is 0 Å². The third-order valence-corrected chi connectivity index (χ3v) is 4.77. The molecule has 6 nitrogen and oxygen atoms in total. The fourth-order valence-corrected chi connectivity index (χ4v) is 3.39. The monoisotopic (exact) mass is 394 g/mol. The van der Waals surface area contributed by atoms with Crippen LogP contribution in [0.1, 0.15) is 31.2 Å². The van der Waals surface area contributed by atoms with Gasteiger partial charge in [-0.05, 0) is 43.0 Å². The van der Waals surface area contributed by atoms with E-state index in [-0.39, 0.29) is 12.8 Å². The van der Waals surface area contributed by atoms with E-state index in [1.807, 2.05) is 6.07 Å². The van der Waals surface area contributed by atoms with Gasteiger partial charge in [0.2, 0.25) is 0 Å². The number of carbonyl (C=O) groups excluding carboxylic acids is 2. The highest BCUT2D eigenvalue weighted by Crippen LogP contribution is 2.37. The minimum atomic E-state index is -4.28. The van der Waals surface area contributed by atoms with E-state index < -0.39 is 30.0 Å². The maximum Gasteiger partial charge on any atom is 0.391 e. The molecule has 150 valence electrons. The number of rotatable bonds is 4. The zero-order valence-corrected chi connectivity index (χ0v) is 15.1. The van der Waals surface area contributed by atoms with E-state index in [2.05, 4.69) is 15.7 Å². The molecule has 1 heterocycles. The second-order valence-electron chi connectivity index (χ2n) is 6.93. The summed E-state index contributed by atoms with van der Waals surface area (Å²) in [4.78, 5) is 24.2. The van der Waals surface area contributed by atoms with Crippen molar-refractivity contribution in [1.82, 2.24) is 15.1 Å². The van der Waals surface area contributed by atoms with Gasteiger partial charge in [-0.3, -0.25) is 14.3 Å². The van der Waals surface area contributed by atoms with Crippen molar-refractivity contribution < 1.29 is 22.8 Å². The van der Waals surface area contributed by atoms with Crippen LogP contribution in [0, 0.1) is 5.92 Å². The lowest BCUT2D eigenvalue weighted by Crippen LogP contribution is -2.45. The quantitative estimate of drug-likeness (QED) is 0.783. The van der Waals surface area contributed by atoms with Crippen LogP contribution in [-0.4, -0.2) is 33.8 Å². The maximum absolute atomic E-state index is 12.9. The average molecular weight is 394 g/mol.